The van der Waals surface area contributed by atoms with Crippen molar-refractivity contribution in [2.45, 2.75) is 25.3 Å². The molecular formula is C12H13BrN2O2. The van der Waals surface area contributed by atoms with Gasteiger partial charge in [0.25, 0.3) is 0 Å². The zero-order valence-corrected chi connectivity index (χ0v) is 10.8. The van der Waals surface area contributed by atoms with Crippen LogP contribution in [0.25, 0.3) is 0 Å². The minimum Gasteiger partial charge on any atom is -0.353 e. The fraction of sp³-hybridized carbons (Fsp3) is 0.333. The number of carbonyl (C=O) groups excluding carboxylic acids is 2. The Labute approximate surface area is 108 Å². The Morgan fingerprint density at radius 1 is 1.18 bits per heavy atom. The summed E-state index contributed by atoms with van der Waals surface area (Å²) in [5.41, 5.74) is 0.692. The average molecular weight is 297 g/mol. The van der Waals surface area contributed by atoms with Crippen molar-refractivity contribution in [2.24, 2.45) is 0 Å². The Kier molecular flexibility index (Phi) is 3.78. The Morgan fingerprint density at radius 2 is 1.82 bits per heavy atom. The largest absolute Gasteiger partial charge is 0.353 e. The van der Waals surface area contributed by atoms with Crippen LogP contribution in [0, 0.1) is 0 Å². The number of benzene rings is 1. The lowest BCUT2D eigenvalue weighted by Crippen LogP contribution is -2.29. The van der Waals surface area contributed by atoms with Gasteiger partial charge in [0.05, 0.1) is 0 Å². The predicted octanol–water partition coefficient (Wildman–Crippen LogP) is 2.06. The van der Waals surface area contributed by atoms with Crippen LogP contribution >= 0.6 is 15.9 Å². The molecule has 0 atom stereocenters. The van der Waals surface area contributed by atoms with Gasteiger partial charge in [-0.2, -0.15) is 0 Å². The third-order valence-corrected chi connectivity index (χ3v) is 2.92. The van der Waals surface area contributed by atoms with Gasteiger partial charge in [-0.05, 0) is 37.1 Å². The zero-order valence-electron chi connectivity index (χ0n) is 9.20. The quantitative estimate of drug-likeness (QED) is 0.836. The number of nitrogens with one attached hydrogen (secondary N) is 2. The topological polar surface area (TPSA) is 58.2 Å². The molecule has 0 radical (unpaired) electrons. The molecule has 17 heavy (non-hydrogen) atoms. The summed E-state index contributed by atoms with van der Waals surface area (Å²) in [6.07, 6.45) is 1.94. The van der Waals surface area contributed by atoms with Crippen molar-refractivity contribution in [3.05, 3.63) is 28.7 Å². The lowest BCUT2D eigenvalue weighted by atomic mass is 10.3. The highest BCUT2D eigenvalue weighted by atomic mass is 79.9. The zero-order chi connectivity index (χ0) is 12.3. The second-order valence-corrected chi connectivity index (χ2v) is 4.99. The van der Waals surface area contributed by atoms with E-state index in [4.69, 9.17) is 0 Å². The highest BCUT2D eigenvalue weighted by Gasteiger charge is 2.23. The van der Waals surface area contributed by atoms with E-state index in [0.717, 1.165) is 17.3 Å². The smallest absolute Gasteiger partial charge is 0.233 e. The number of anilines is 1. The number of halogens is 1. The molecule has 0 bridgehead atoms. The summed E-state index contributed by atoms with van der Waals surface area (Å²) in [5, 5.41) is 5.45. The molecule has 90 valence electrons. The van der Waals surface area contributed by atoms with Crippen molar-refractivity contribution in [3.8, 4) is 0 Å². The maximum absolute atomic E-state index is 11.5. The second-order valence-electron chi connectivity index (χ2n) is 4.07. The Bertz CT molecular complexity index is 427. The molecular weight excluding hydrogens is 284 g/mol. The predicted molar refractivity (Wildman–Crippen MR) is 68.6 cm³/mol. The van der Waals surface area contributed by atoms with E-state index in [9.17, 15) is 9.59 Å². The van der Waals surface area contributed by atoms with Crippen molar-refractivity contribution in [3.63, 3.8) is 0 Å². The van der Waals surface area contributed by atoms with Gasteiger partial charge < -0.3 is 10.6 Å². The molecule has 0 aliphatic heterocycles. The van der Waals surface area contributed by atoms with Crippen LogP contribution in [0.2, 0.25) is 0 Å². The number of hydrogen-bond acceptors (Lipinski definition) is 2. The normalized spacial score (nSPS) is 14.2. The van der Waals surface area contributed by atoms with Crippen LogP contribution in [0.15, 0.2) is 28.7 Å². The minimum atomic E-state index is -0.287. The molecule has 0 aromatic heterocycles. The van der Waals surface area contributed by atoms with Crippen LogP contribution in [0.4, 0.5) is 5.69 Å². The van der Waals surface area contributed by atoms with E-state index >= 15 is 0 Å². The first-order valence-electron chi connectivity index (χ1n) is 5.48. The van der Waals surface area contributed by atoms with Crippen LogP contribution in [0.1, 0.15) is 19.3 Å². The fourth-order valence-corrected chi connectivity index (χ4v) is 1.65. The molecule has 1 saturated carbocycles. The van der Waals surface area contributed by atoms with E-state index in [2.05, 4.69) is 26.6 Å². The van der Waals surface area contributed by atoms with Gasteiger partial charge in [-0.25, -0.2) is 0 Å². The highest BCUT2D eigenvalue weighted by Crippen LogP contribution is 2.18. The van der Waals surface area contributed by atoms with Crippen LogP contribution in [0.3, 0.4) is 0 Å². The summed E-state index contributed by atoms with van der Waals surface area (Å²) in [5.74, 6) is -0.493. The van der Waals surface area contributed by atoms with Gasteiger partial charge in [0.2, 0.25) is 11.8 Å². The molecule has 2 N–H and O–H groups in total. The molecule has 0 spiro atoms. The molecule has 4 nitrogen and oxygen atoms in total. The van der Waals surface area contributed by atoms with Crippen molar-refractivity contribution in [1.29, 1.82) is 0 Å². The van der Waals surface area contributed by atoms with Gasteiger partial charge in [0.1, 0.15) is 6.42 Å². The SMILES string of the molecule is O=C(CC(=O)NC1CC1)Nc1ccc(Br)cc1. The van der Waals surface area contributed by atoms with Gasteiger partial charge in [0, 0.05) is 16.2 Å². The lowest BCUT2D eigenvalue weighted by molar-refractivity contribution is -0.126. The molecule has 1 fully saturated rings. The number of amides is 2. The molecule has 2 rings (SSSR count). The van der Waals surface area contributed by atoms with Gasteiger partial charge in [-0.3, -0.25) is 9.59 Å². The van der Waals surface area contributed by atoms with E-state index in [-0.39, 0.29) is 18.2 Å². The maximum atomic E-state index is 11.5. The molecule has 5 heteroatoms. The van der Waals surface area contributed by atoms with Gasteiger partial charge in [0.15, 0.2) is 0 Å². The summed E-state index contributed by atoms with van der Waals surface area (Å²) in [6.45, 7) is 0. The standard InChI is InChI=1S/C12H13BrN2O2/c13-8-1-3-9(4-2-8)14-11(16)7-12(17)15-10-5-6-10/h1-4,10H,5-7H2,(H,14,16)(H,15,17). The summed E-state index contributed by atoms with van der Waals surface area (Å²) >= 11 is 3.31. The molecule has 1 aromatic rings. The van der Waals surface area contributed by atoms with Crippen LogP contribution in [0.5, 0.6) is 0 Å². The Balaban J connectivity index is 1.79. The van der Waals surface area contributed by atoms with Gasteiger partial charge in [-0.15, -0.1) is 0 Å². The first-order chi connectivity index (χ1) is 8.13. The highest BCUT2D eigenvalue weighted by molar-refractivity contribution is 9.10. The van der Waals surface area contributed by atoms with E-state index in [1.807, 2.05) is 12.1 Å². The van der Waals surface area contributed by atoms with Crippen molar-refractivity contribution in [2.75, 3.05) is 5.32 Å². The van der Waals surface area contributed by atoms with Gasteiger partial charge >= 0.3 is 0 Å². The number of carbonyl (C=O) groups is 2. The molecule has 2 amide bonds. The molecule has 1 aliphatic carbocycles. The van der Waals surface area contributed by atoms with Crippen molar-refractivity contribution < 1.29 is 9.59 Å². The minimum absolute atomic E-state index is 0.118. The summed E-state index contributed by atoms with van der Waals surface area (Å²) in [4.78, 5) is 22.9. The molecule has 0 unspecified atom stereocenters. The number of hydrogen-bond donors (Lipinski definition) is 2. The van der Waals surface area contributed by atoms with Gasteiger partial charge in [-0.1, -0.05) is 15.9 Å². The monoisotopic (exact) mass is 296 g/mol. The second kappa shape index (κ2) is 5.31. The summed E-state index contributed by atoms with van der Waals surface area (Å²) in [7, 11) is 0. The summed E-state index contributed by atoms with van der Waals surface area (Å²) in [6, 6.07) is 7.52. The van der Waals surface area contributed by atoms with Crippen molar-refractivity contribution >= 4 is 33.4 Å². The third kappa shape index (κ3) is 4.19. The molecule has 0 heterocycles. The van der Waals surface area contributed by atoms with Crippen LogP contribution in [-0.2, 0) is 9.59 Å². The van der Waals surface area contributed by atoms with E-state index in [0.29, 0.717) is 11.7 Å². The first kappa shape index (κ1) is 12.1. The Morgan fingerprint density at radius 3 is 2.41 bits per heavy atom. The summed E-state index contributed by atoms with van der Waals surface area (Å²) < 4.78 is 0.946. The first-order valence-corrected chi connectivity index (χ1v) is 6.27. The van der Waals surface area contributed by atoms with Crippen LogP contribution in [-0.4, -0.2) is 17.9 Å². The average Bonchev–Trinajstić information content (AvgIpc) is 3.05. The van der Waals surface area contributed by atoms with E-state index in [1.54, 1.807) is 12.1 Å². The van der Waals surface area contributed by atoms with E-state index in [1.165, 1.54) is 0 Å². The lowest BCUT2D eigenvalue weighted by Gasteiger charge is -2.05. The van der Waals surface area contributed by atoms with Crippen molar-refractivity contribution in [1.82, 2.24) is 5.32 Å². The number of rotatable bonds is 4. The maximum Gasteiger partial charge on any atom is 0.233 e. The molecule has 1 aromatic carbocycles. The Hall–Kier alpha value is -1.36. The molecule has 0 saturated heterocycles. The van der Waals surface area contributed by atoms with E-state index < -0.39 is 0 Å². The molecule has 1 aliphatic rings. The third-order valence-electron chi connectivity index (χ3n) is 2.39. The van der Waals surface area contributed by atoms with Crippen LogP contribution < -0.4 is 10.6 Å². The fourth-order valence-electron chi connectivity index (χ4n) is 1.39.